The summed E-state index contributed by atoms with van der Waals surface area (Å²) >= 11 is 0. The van der Waals surface area contributed by atoms with E-state index in [1.54, 1.807) is 24.3 Å². The van der Waals surface area contributed by atoms with Gasteiger partial charge in [0.1, 0.15) is 11.4 Å². The van der Waals surface area contributed by atoms with E-state index in [0.29, 0.717) is 11.3 Å². The number of hydrogen-bond acceptors (Lipinski definition) is 7. The van der Waals surface area contributed by atoms with Crippen molar-refractivity contribution < 1.29 is 28.8 Å². The van der Waals surface area contributed by atoms with Crippen molar-refractivity contribution in [2.75, 3.05) is 19.0 Å². The first-order valence-corrected chi connectivity index (χ1v) is 10.8. The van der Waals surface area contributed by atoms with Gasteiger partial charge in [0, 0.05) is 23.6 Å². The van der Waals surface area contributed by atoms with Gasteiger partial charge in [-0.1, -0.05) is 30.3 Å². The SMILES string of the molecule is COc1ccc([N+](=O)[O-])c(NC(=O)COC(=O)[C@H]2[C@H]3CC[C@@H](C3)[C@H]2C(=O)c2ccccc2)c1. The lowest BCUT2D eigenvalue weighted by Gasteiger charge is -2.28. The fourth-order valence-electron chi connectivity index (χ4n) is 5.12. The van der Waals surface area contributed by atoms with Crippen LogP contribution in [0.3, 0.4) is 0 Å². The molecule has 0 spiro atoms. The Labute approximate surface area is 190 Å². The molecule has 0 saturated heterocycles. The number of fused-ring (bicyclic) bond motifs is 2. The zero-order chi connectivity index (χ0) is 23.5. The van der Waals surface area contributed by atoms with E-state index in [9.17, 15) is 24.5 Å². The molecule has 0 unspecified atom stereocenters. The molecular formula is C24H24N2O7. The van der Waals surface area contributed by atoms with Crippen LogP contribution in [0.2, 0.25) is 0 Å². The maximum Gasteiger partial charge on any atom is 0.310 e. The molecule has 1 amide bonds. The van der Waals surface area contributed by atoms with Crippen LogP contribution in [0.15, 0.2) is 48.5 Å². The molecule has 2 aliphatic carbocycles. The second-order valence-electron chi connectivity index (χ2n) is 8.41. The normalized spacial score (nSPS) is 23.1. The van der Waals surface area contributed by atoms with Gasteiger partial charge in [-0.15, -0.1) is 0 Å². The largest absolute Gasteiger partial charge is 0.497 e. The zero-order valence-electron chi connectivity index (χ0n) is 18.1. The number of methoxy groups -OCH3 is 1. The van der Waals surface area contributed by atoms with E-state index in [0.717, 1.165) is 19.3 Å². The van der Waals surface area contributed by atoms with Gasteiger partial charge in [-0.25, -0.2) is 0 Å². The average Bonchev–Trinajstić information content (AvgIpc) is 3.44. The molecule has 2 aromatic carbocycles. The van der Waals surface area contributed by atoms with E-state index in [-0.39, 0.29) is 29.0 Å². The third-order valence-corrected chi connectivity index (χ3v) is 6.57. The van der Waals surface area contributed by atoms with E-state index < -0.39 is 35.2 Å². The summed E-state index contributed by atoms with van der Waals surface area (Å²) in [6.45, 7) is -0.604. The smallest absolute Gasteiger partial charge is 0.310 e. The summed E-state index contributed by atoms with van der Waals surface area (Å²) in [5.41, 5.74) is 0.200. The van der Waals surface area contributed by atoms with Crippen LogP contribution in [0.5, 0.6) is 5.75 Å². The predicted octanol–water partition coefficient (Wildman–Crippen LogP) is 3.63. The number of nitrogens with zero attached hydrogens (tertiary/aromatic N) is 1. The molecule has 0 radical (unpaired) electrons. The Bertz CT molecular complexity index is 1090. The molecule has 2 aromatic rings. The highest BCUT2D eigenvalue weighted by atomic mass is 16.6. The zero-order valence-corrected chi connectivity index (χ0v) is 18.1. The summed E-state index contributed by atoms with van der Waals surface area (Å²) in [5.74, 6) is -1.88. The molecule has 2 aliphatic rings. The first kappa shape index (κ1) is 22.4. The van der Waals surface area contributed by atoms with Crippen molar-refractivity contribution >= 4 is 29.0 Å². The standard InChI is InChI=1S/C24H24N2O7/c1-32-17-9-10-19(26(30)31)18(12-17)25-20(27)13-33-24(29)22-16-8-7-15(11-16)21(22)23(28)14-5-3-2-4-6-14/h2-6,9-10,12,15-16,21-22H,7-8,11,13H2,1H3,(H,25,27)/t15-,16-,21+,22-/m0/s1. The Morgan fingerprint density at radius 1 is 1.06 bits per heavy atom. The predicted molar refractivity (Wildman–Crippen MR) is 118 cm³/mol. The Hall–Kier alpha value is -3.75. The molecule has 172 valence electrons. The van der Waals surface area contributed by atoms with Crippen LogP contribution in [0.1, 0.15) is 29.6 Å². The van der Waals surface area contributed by atoms with E-state index in [4.69, 9.17) is 9.47 Å². The Kier molecular flexibility index (Phi) is 6.39. The average molecular weight is 452 g/mol. The second-order valence-corrected chi connectivity index (χ2v) is 8.41. The number of nitrogens with one attached hydrogen (secondary N) is 1. The summed E-state index contributed by atoms with van der Waals surface area (Å²) in [5, 5.41) is 13.6. The number of esters is 1. The van der Waals surface area contributed by atoms with Gasteiger partial charge in [-0.3, -0.25) is 24.5 Å². The molecule has 2 bridgehead atoms. The minimum absolute atomic E-state index is 0.0579. The summed E-state index contributed by atoms with van der Waals surface area (Å²) in [4.78, 5) is 49.0. The Balaban J connectivity index is 1.42. The molecule has 2 fully saturated rings. The molecule has 0 aromatic heterocycles. The van der Waals surface area contributed by atoms with Crippen molar-refractivity contribution in [3.63, 3.8) is 0 Å². The van der Waals surface area contributed by atoms with Gasteiger partial charge in [-0.05, 0) is 37.2 Å². The van der Waals surface area contributed by atoms with Crippen molar-refractivity contribution in [3.8, 4) is 5.75 Å². The molecule has 1 N–H and O–H groups in total. The maximum absolute atomic E-state index is 13.1. The van der Waals surface area contributed by atoms with Gasteiger partial charge in [-0.2, -0.15) is 0 Å². The van der Waals surface area contributed by atoms with Crippen LogP contribution in [0.25, 0.3) is 0 Å². The first-order chi connectivity index (χ1) is 15.9. The second kappa shape index (κ2) is 9.40. The lowest BCUT2D eigenvalue weighted by molar-refractivity contribution is -0.383. The maximum atomic E-state index is 13.1. The fraction of sp³-hybridized carbons (Fsp3) is 0.375. The summed E-state index contributed by atoms with van der Waals surface area (Å²) in [7, 11) is 1.40. The highest BCUT2D eigenvalue weighted by Gasteiger charge is 2.54. The number of anilines is 1. The Morgan fingerprint density at radius 3 is 2.42 bits per heavy atom. The van der Waals surface area contributed by atoms with Gasteiger partial charge in [0.25, 0.3) is 11.6 Å². The summed E-state index contributed by atoms with van der Waals surface area (Å²) < 4.78 is 10.3. The van der Waals surface area contributed by atoms with Gasteiger partial charge in [0.05, 0.1) is 18.0 Å². The van der Waals surface area contributed by atoms with Crippen LogP contribution in [-0.2, 0) is 14.3 Å². The molecule has 0 aliphatic heterocycles. The molecule has 9 nitrogen and oxygen atoms in total. The van der Waals surface area contributed by atoms with Crippen LogP contribution < -0.4 is 10.1 Å². The Morgan fingerprint density at radius 2 is 1.76 bits per heavy atom. The number of Topliss-reactive ketones (excluding diaryl/α,β-unsaturated/α-hetero) is 1. The minimum Gasteiger partial charge on any atom is -0.497 e. The number of nitro benzene ring substituents is 1. The quantitative estimate of drug-likeness (QED) is 0.281. The first-order valence-electron chi connectivity index (χ1n) is 10.8. The third-order valence-electron chi connectivity index (χ3n) is 6.57. The highest BCUT2D eigenvalue weighted by Crippen LogP contribution is 2.53. The van der Waals surface area contributed by atoms with Crippen molar-refractivity contribution in [3.05, 3.63) is 64.2 Å². The molecule has 2 saturated carbocycles. The van der Waals surface area contributed by atoms with E-state index in [2.05, 4.69) is 5.32 Å². The molecule has 33 heavy (non-hydrogen) atoms. The van der Waals surface area contributed by atoms with Crippen LogP contribution in [0, 0.1) is 33.8 Å². The van der Waals surface area contributed by atoms with E-state index >= 15 is 0 Å². The monoisotopic (exact) mass is 452 g/mol. The number of ether oxygens (including phenoxy) is 2. The van der Waals surface area contributed by atoms with Gasteiger partial charge in [0.15, 0.2) is 12.4 Å². The summed E-state index contributed by atoms with van der Waals surface area (Å²) in [6.07, 6.45) is 2.55. The minimum atomic E-state index is -0.714. The summed E-state index contributed by atoms with van der Waals surface area (Å²) in [6, 6.07) is 12.8. The number of ketones is 1. The highest BCUT2D eigenvalue weighted by molar-refractivity contribution is 6.01. The van der Waals surface area contributed by atoms with Gasteiger partial charge in [0.2, 0.25) is 0 Å². The number of benzene rings is 2. The lowest BCUT2D eigenvalue weighted by Crippen LogP contribution is -2.37. The lowest BCUT2D eigenvalue weighted by atomic mass is 9.75. The number of hydrogen-bond donors (Lipinski definition) is 1. The number of rotatable bonds is 8. The number of carbonyl (C=O) groups excluding carboxylic acids is 3. The van der Waals surface area contributed by atoms with Gasteiger partial charge >= 0.3 is 5.97 Å². The molecular weight excluding hydrogens is 428 g/mol. The molecule has 9 heteroatoms. The number of nitro groups is 1. The van der Waals surface area contributed by atoms with Crippen LogP contribution >= 0.6 is 0 Å². The van der Waals surface area contributed by atoms with E-state index in [1.807, 2.05) is 6.07 Å². The van der Waals surface area contributed by atoms with Gasteiger partial charge < -0.3 is 14.8 Å². The van der Waals surface area contributed by atoms with Crippen molar-refractivity contribution in [2.24, 2.45) is 23.7 Å². The topological polar surface area (TPSA) is 125 Å². The van der Waals surface area contributed by atoms with Crippen LogP contribution in [-0.4, -0.2) is 36.3 Å². The molecule has 4 rings (SSSR count). The van der Waals surface area contributed by atoms with Crippen LogP contribution in [0.4, 0.5) is 11.4 Å². The number of carbonyl (C=O) groups is 3. The molecule has 0 heterocycles. The molecule has 4 atom stereocenters. The van der Waals surface area contributed by atoms with E-state index in [1.165, 1.54) is 25.3 Å². The van der Waals surface area contributed by atoms with Crippen molar-refractivity contribution in [1.29, 1.82) is 0 Å². The van der Waals surface area contributed by atoms with Crippen molar-refractivity contribution in [2.45, 2.75) is 19.3 Å². The van der Waals surface area contributed by atoms with Crippen molar-refractivity contribution in [1.82, 2.24) is 0 Å². The third kappa shape index (κ3) is 4.57. The fourth-order valence-corrected chi connectivity index (χ4v) is 5.12. The number of amides is 1.